The quantitative estimate of drug-likeness (QED) is 0.168. The lowest BCUT2D eigenvalue weighted by atomic mass is 9.73. The van der Waals surface area contributed by atoms with Crippen LogP contribution >= 0.6 is 0 Å². The fourth-order valence-corrected chi connectivity index (χ4v) is 11.8. The van der Waals surface area contributed by atoms with E-state index < -0.39 is 5.41 Å². The summed E-state index contributed by atoms with van der Waals surface area (Å²) in [6, 6.07) is 79.6. The van der Waals surface area contributed by atoms with Gasteiger partial charge in [0, 0.05) is 33.2 Å². The van der Waals surface area contributed by atoms with Crippen LogP contribution in [-0.2, 0) is 11.8 Å². The van der Waals surface area contributed by atoms with Gasteiger partial charge < -0.3 is 9.47 Å². The van der Waals surface area contributed by atoms with Gasteiger partial charge in [-0.15, -0.1) is 0 Å². The van der Waals surface area contributed by atoms with E-state index in [0.29, 0.717) is 0 Å². The Bertz CT molecular complexity index is 3830. The van der Waals surface area contributed by atoms with Gasteiger partial charge in [0.15, 0.2) is 0 Å². The van der Waals surface area contributed by atoms with Crippen LogP contribution < -0.4 is 4.90 Å². The molecule has 1 heterocycles. The Balaban J connectivity index is 1.03. The molecule has 0 amide bonds. The molecule has 3 aliphatic rings. The highest BCUT2D eigenvalue weighted by Gasteiger charge is 2.47. The van der Waals surface area contributed by atoms with E-state index in [1.165, 1.54) is 105 Å². The first-order chi connectivity index (χ1) is 32.1. The molecular formula is C63H42N2. The fraction of sp³-hybridized carbons (Fsp3) is 0.0476. The Kier molecular flexibility index (Phi) is 7.62. The van der Waals surface area contributed by atoms with Gasteiger partial charge in [-0.1, -0.05) is 164 Å². The number of fused-ring (bicyclic) bond motifs is 15. The standard InChI is InChI=1S/C63H42N2/c1-40-14-13-19-47(34-40)64(48-29-31-52-50-21-10-12-25-59(50)65(60(52)38-48)46-17-3-2-4-18-46)61-39-58-62(53-23-9-8-22-51(53)61)54-30-28-43(37-57(54)63(58)33-32-41-15-6-11-24-56(41)63)42-26-27-45-35-44-16-5-7-20-49(44)55(45)36-42/h2-34,36-39H,35H2,1H3. The molecule has 3 aliphatic carbocycles. The zero-order valence-corrected chi connectivity index (χ0v) is 36.0. The molecule has 1 aromatic heterocycles. The van der Waals surface area contributed by atoms with Crippen LogP contribution in [0.4, 0.5) is 17.1 Å². The van der Waals surface area contributed by atoms with Crippen molar-refractivity contribution in [3.63, 3.8) is 0 Å². The van der Waals surface area contributed by atoms with Crippen LogP contribution in [0.25, 0.3) is 77.7 Å². The molecule has 1 atom stereocenters. The second-order valence-electron chi connectivity index (χ2n) is 18.1. The van der Waals surface area contributed by atoms with Crippen molar-refractivity contribution < 1.29 is 0 Å². The minimum Gasteiger partial charge on any atom is -0.310 e. The zero-order valence-electron chi connectivity index (χ0n) is 36.0. The van der Waals surface area contributed by atoms with Crippen LogP contribution in [0.3, 0.4) is 0 Å². The minimum absolute atomic E-state index is 0.485. The molecule has 1 unspecified atom stereocenters. The largest absolute Gasteiger partial charge is 0.310 e. The van der Waals surface area contributed by atoms with Crippen LogP contribution in [-0.4, -0.2) is 4.57 Å². The van der Waals surface area contributed by atoms with Crippen molar-refractivity contribution in [2.45, 2.75) is 18.8 Å². The molecule has 1 spiro atoms. The molecule has 0 aliphatic heterocycles. The Hall–Kier alpha value is -8.20. The van der Waals surface area contributed by atoms with Crippen molar-refractivity contribution in [1.82, 2.24) is 4.57 Å². The summed E-state index contributed by atoms with van der Waals surface area (Å²) >= 11 is 0. The van der Waals surface area contributed by atoms with E-state index in [4.69, 9.17) is 0 Å². The summed E-state index contributed by atoms with van der Waals surface area (Å²) in [7, 11) is 0. The molecule has 2 nitrogen and oxygen atoms in total. The van der Waals surface area contributed by atoms with E-state index >= 15 is 0 Å². The van der Waals surface area contributed by atoms with Crippen molar-refractivity contribution in [3.05, 3.63) is 257 Å². The van der Waals surface area contributed by atoms with Gasteiger partial charge in [-0.3, -0.25) is 0 Å². The van der Waals surface area contributed by atoms with E-state index in [2.05, 4.69) is 241 Å². The number of allylic oxidation sites excluding steroid dienone is 1. The second kappa shape index (κ2) is 13.6. The van der Waals surface area contributed by atoms with Crippen LogP contribution in [0, 0.1) is 6.92 Å². The third-order valence-electron chi connectivity index (χ3n) is 14.6. The average molecular weight is 827 g/mol. The molecule has 14 rings (SSSR count). The summed E-state index contributed by atoms with van der Waals surface area (Å²) in [6.45, 7) is 2.20. The third-order valence-corrected chi connectivity index (χ3v) is 14.6. The average Bonchev–Trinajstić information content (AvgIpc) is 4.10. The second-order valence-corrected chi connectivity index (χ2v) is 18.1. The number of hydrogen-bond acceptors (Lipinski definition) is 1. The van der Waals surface area contributed by atoms with Gasteiger partial charge in [0.2, 0.25) is 0 Å². The van der Waals surface area contributed by atoms with Crippen molar-refractivity contribution in [3.8, 4) is 39.1 Å². The van der Waals surface area contributed by atoms with Gasteiger partial charge in [-0.25, -0.2) is 0 Å². The number of para-hydroxylation sites is 2. The maximum atomic E-state index is 2.54. The van der Waals surface area contributed by atoms with Gasteiger partial charge in [0.1, 0.15) is 0 Å². The van der Waals surface area contributed by atoms with Gasteiger partial charge >= 0.3 is 0 Å². The maximum absolute atomic E-state index is 2.54. The first-order valence-corrected chi connectivity index (χ1v) is 22.8. The van der Waals surface area contributed by atoms with Crippen molar-refractivity contribution in [2.24, 2.45) is 0 Å². The summed E-state index contributed by atoms with van der Waals surface area (Å²) in [6.07, 6.45) is 5.84. The SMILES string of the molecule is Cc1cccc(N(c2ccc3c4ccccc4n(-c4ccccc4)c3c2)c2cc3c(c4ccccc24)-c2ccc(-c4ccc5c(c4)-c4ccccc4C5)cc2C32C=Cc3ccccc32)c1. The van der Waals surface area contributed by atoms with Gasteiger partial charge in [0.25, 0.3) is 0 Å². The number of benzene rings is 10. The van der Waals surface area contributed by atoms with E-state index in [0.717, 1.165) is 29.2 Å². The smallest absolute Gasteiger partial charge is 0.0654 e. The molecule has 2 heteroatoms. The number of aryl methyl sites for hydroxylation is 1. The fourth-order valence-electron chi connectivity index (χ4n) is 11.8. The van der Waals surface area contributed by atoms with Crippen LogP contribution in [0.1, 0.15) is 38.9 Å². The molecule has 0 bridgehead atoms. The monoisotopic (exact) mass is 826 g/mol. The first-order valence-electron chi connectivity index (χ1n) is 22.8. The lowest BCUT2D eigenvalue weighted by molar-refractivity contribution is 0.822. The molecule has 65 heavy (non-hydrogen) atoms. The molecule has 0 saturated heterocycles. The summed E-state index contributed by atoms with van der Waals surface area (Å²) in [4.78, 5) is 2.51. The van der Waals surface area contributed by atoms with Gasteiger partial charge in [-0.05, 0) is 152 Å². The predicted molar refractivity (Wildman–Crippen MR) is 272 cm³/mol. The highest BCUT2D eigenvalue weighted by molar-refractivity contribution is 6.13. The Morgan fingerprint density at radius 1 is 0.446 bits per heavy atom. The molecule has 11 aromatic rings. The highest BCUT2D eigenvalue weighted by Crippen LogP contribution is 2.61. The number of rotatable bonds is 5. The van der Waals surface area contributed by atoms with Gasteiger partial charge in [0.05, 0.1) is 22.1 Å². The molecule has 304 valence electrons. The summed E-state index contributed by atoms with van der Waals surface area (Å²) in [5.41, 5.74) is 23.6. The maximum Gasteiger partial charge on any atom is 0.0654 e. The van der Waals surface area contributed by atoms with Crippen LogP contribution in [0.15, 0.2) is 218 Å². The van der Waals surface area contributed by atoms with E-state index in [9.17, 15) is 0 Å². The molecule has 0 fully saturated rings. The number of aromatic nitrogens is 1. The summed E-state index contributed by atoms with van der Waals surface area (Å²) in [5.74, 6) is 0. The van der Waals surface area contributed by atoms with E-state index in [1.807, 2.05) is 0 Å². The lowest BCUT2D eigenvalue weighted by Crippen LogP contribution is -2.23. The molecule has 0 N–H and O–H groups in total. The highest BCUT2D eigenvalue weighted by atomic mass is 15.1. The Morgan fingerprint density at radius 3 is 2.08 bits per heavy atom. The van der Waals surface area contributed by atoms with Crippen molar-refractivity contribution in [1.29, 1.82) is 0 Å². The van der Waals surface area contributed by atoms with E-state index in [1.54, 1.807) is 0 Å². The zero-order chi connectivity index (χ0) is 42.8. The first kappa shape index (κ1) is 36.3. The number of hydrogen-bond donors (Lipinski definition) is 0. The summed E-state index contributed by atoms with van der Waals surface area (Å²) in [5, 5.41) is 4.96. The molecule has 10 aromatic carbocycles. The van der Waals surface area contributed by atoms with Crippen molar-refractivity contribution >= 4 is 55.7 Å². The van der Waals surface area contributed by atoms with Crippen molar-refractivity contribution in [2.75, 3.05) is 4.90 Å². The predicted octanol–water partition coefficient (Wildman–Crippen LogP) is 16.3. The number of nitrogens with zero attached hydrogens (tertiary/aromatic N) is 2. The Morgan fingerprint density at radius 2 is 1.17 bits per heavy atom. The Labute approximate surface area is 378 Å². The summed E-state index contributed by atoms with van der Waals surface area (Å²) < 4.78 is 2.42. The topological polar surface area (TPSA) is 8.17 Å². The lowest BCUT2D eigenvalue weighted by Gasteiger charge is -2.31. The molecular weight excluding hydrogens is 785 g/mol. The van der Waals surface area contributed by atoms with Crippen LogP contribution in [0.5, 0.6) is 0 Å². The van der Waals surface area contributed by atoms with Gasteiger partial charge in [-0.2, -0.15) is 0 Å². The minimum atomic E-state index is -0.485. The third kappa shape index (κ3) is 5.17. The molecule has 0 saturated carbocycles. The van der Waals surface area contributed by atoms with E-state index in [-0.39, 0.29) is 0 Å². The van der Waals surface area contributed by atoms with Crippen LogP contribution in [0.2, 0.25) is 0 Å². The normalized spacial score (nSPS) is 15.1. The number of anilines is 3. The molecule has 0 radical (unpaired) electrons.